The van der Waals surface area contributed by atoms with Crippen molar-refractivity contribution >= 4 is 10.0 Å². The number of benzene rings is 1. The maximum absolute atomic E-state index is 12.7. The molecule has 0 fully saturated rings. The highest BCUT2D eigenvalue weighted by Crippen LogP contribution is 2.20. The molecule has 0 aliphatic rings. The molecule has 2 atom stereocenters. The standard InChI is InChI=1S/C15H24N2O2S/c1-4-6-12-17(13(3)15(16)5-2)20(18,19)14-10-8-7-9-11-14/h6-13,15H,4-5,16H2,1-3H3/b12-6-/t13?,15-/m1/s1. The van der Waals surface area contributed by atoms with E-state index in [0.717, 1.165) is 12.8 Å². The average Bonchev–Trinajstić information content (AvgIpc) is 2.47. The molecule has 1 unspecified atom stereocenters. The fourth-order valence-electron chi connectivity index (χ4n) is 1.89. The molecule has 0 aliphatic carbocycles. The SMILES string of the molecule is CC/C=C\N(C(C)[C@H](N)CC)S(=O)(=O)c1ccccc1. The van der Waals surface area contributed by atoms with Gasteiger partial charge >= 0.3 is 0 Å². The predicted octanol–water partition coefficient (Wildman–Crippen LogP) is 2.73. The highest BCUT2D eigenvalue weighted by atomic mass is 32.2. The smallest absolute Gasteiger partial charge is 0.264 e. The molecule has 112 valence electrons. The molecule has 5 heteroatoms. The Morgan fingerprint density at radius 2 is 1.85 bits per heavy atom. The van der Waals surface area contributed by atoms with Gasteiger partial charge in [-0.3, -0.25) is 4.31 Å². The maximum atomic E-state index is 12.7. The summed E-state index contributed by atoms with van der Waals surface area (Å²) in [6.45, 7) is 5.76. The third-order valence-electron chi connectivity index (χ3n) is 3.30. The second-order valence-electron chi connectivity index (χ2n) is 4.75. The predicted molar refractivity (Wildman–Crippen MR) is 82.6 cm³/mol. The third-order valence-corrected chi connectivity index (χ3v) is 5.18. The summed E-state index contributed by atoms with van der Waals surface area (Å²) >= 11 is 0. The van der Waals surface area contributed by atoms with Crippen molar-refractivity contribution in [2.45, 2.75) is 50.6 Å². The van der Waals surface area contributed by atoms with Crippen molar-refractivity contribution in [1.82, 2.24) is 4.31 Å². The number of sulfonamides is 1. The number of nitrogens with zero attached hydrogens (tertiary/aromatic N) is 1. The summed E-state index contributed by atoms with van der Waals surface area (Å²) in [6, 6.07) is 7.96. The molecule has 0 aromatic heterocycles. The van der Waals surface area contributed by atoms with Gasteiger partial charge in [0, 0.05) is 12.2 Å². The number of nitrogens with two attached hydrogens (primary N) is 1. The van der Waals surface area contributed by atoms with E-state index >= 15 is 0 Å². The van der Waals surface area contributed by atoms with E-state index < -0.39 is 10.0 Å². The largest absolute Gasteiger partial charge is 0.326 e. The Hall–Kier alpha value is -1.33. The minimum absolute atomic E-state index is 0.199. The van der Waals surface area contributed by atoms with Crippen LogP contribution in [0.1, 0.15) is 33.6 Å². The van der Waals surface area contributed by atoms with Gasteiger partial charge in [-0.25, -0.2) is 8.42 Å². The zero-order valence-corrected chi connectivity index (χ0v) is 13.2. The first-order chi connectivity index (χ1) is 9.45. The summed E-state index contributed by atoms with van der Waals surface area (Å²) in [5.41, 5.74) is 6.02. The number of rotatable bonds is 7. The van der Waals surface area contributed by atoms with Gasteiger partial charge in [-0.2, -0.15) is 0 Å². The summed E-state index contributed by atoms with van der Waals surface area (Å²) in [5, 5.41) is 0. The van der Waals surface area contributed by atoms with Gasteiger partial charge < -0.3 is 5.73 Å². The lowest BCUT2D eigenvalue weighted by atomic mass is 10.1. The van der Waals surface area contributed by atoms with E-state index in [4.69, 9.17) is 5.73 Å². The van der Waals surface area contributed by atoms with Crippen LogP contribution in [-0.2, 0) is 10.0 Å². The molecule has 0 amide bonds. The fraction of sp³-hybridized carbons (Fsp3) is 0.467. The quantitative estimate of drug-likeness (QED) is 0.841. The number of hydrogen-bond acceptors (Lipinski definition) is 3. The molecule has 4 nitrogen and oxygen atoms in total. The average molecular weight is 296 g/mol. The van der Waals surface area contributed by atoms with E-state index in [2.05, 4.69) is 0 Å². The first-order valence-corrected chi connectivity index (χ1v) is 8.40. The van der Waals surface area contributed by atoms with E-state index in [1.54, 1.807) is 36.5 Å². The Morgan fingerprint density at radius 1 is 1.25 bits per heavy atom. The van der Waals surface area contributed by atoms with E-state index in [9.17, 15) is 8.42 Å². The van der Waals surface area contributed by atoms with Crippen molar-refractivity contribution in [2.75, 3.05) is 0 Å². The van der Waals surface area contributed by atoms with Gasteiger partial charge in [-0.05, 0) is 31.9 Å². The van der Waals surface area contributed by atoms with E-state index in [1.165, 1.54) is 4.31 Å². The zero-order chi connectivity index (χ0) is 15.2. The lowest BCUT2D eigenvalue weighted by Gasteiger charge is -2.31. The maximum Gasteiger partial charge on any atom is 0.264 e. The third kappa shape index (κ3) is 3.84. The summed E-state index contributed by atoms with van der Waals surface area (Å²) in [4.78, 5) is 0.288. The van der Waals surface area contributed by atoms with Crippen LogP contribution in [0.3, 0.4) is 0 Å². The van der Waals surface area contributed by atoms with Gasteiger partial charge in [0.2, 0.25) is 0 Å². The molecular weight excluding hydrogens is 272 g/mol. The molecule has 0 radical (unpaired) electrons. The monoisotopic (exact) mass is 296 g/mol. The molecule has 20 heavy (non-hydrogen) atoms. The van der Waals surface area contributed by atoms with Gasteiger partial charge in [-0.15, -0.1) is 0 Å². The molecule has 0 bridgehead atoms. The van der Waals surface area contributed by atoms with Gasteiger partial charge in [0.15, 0.2) is 0 Å². The van der Waals surface area contributed by atoms with Gasteiger partial charge in [0.05, 0.1) is 10.9 Å². The van der Waals surface area contributed by atoms with Crippen molar-refractivity contribution in [3.63, 3.8) is 0 Å². The Kier molecular flexibility index (Phi) is 6.23. The van der Waals surface area contributed by atoms with Crippen LogP contribution in [0.5, 0.6) is 0 Å². The normalized spacial score (nSPS) is 15.2. The van der Waals surface area contributed by atoms with Crippen LogP contribution < -0.4 is 5.73 Å². The molecular formula is C15H24N2O2S. The van der Waals surface area contributed by atoms with Gasteiger partial charge in [-0.1, -0.05) is 38.1 Å². The fourth-order valence-corrected chi connectivity index (χ4v) is 3.47. The molecule has 1 aromatic carbocycles. The lowest BCUT2D eigenvalue weighted by molar-refractivity contribution is 0.358. The van der Waals surface area contributed by atoms with Crippen LogP contribution in [0.25, 0.3) is 0 Å². The summed E-state index contributed by atoms with van der Waals surface area (Å²) in [6.07, 6.45) is 4.96. The molecule has 0 saturated heterocycles. The number of hydrogen-bond donors (Lipinski definition) is 1. The minimum atomic E-state index is -3.56. The number of allylic oxidation sites excluding steroid dienone is 1. The van der Waals surface area contributed by atoms with Crippen molar-refractivity contribution in [3.05, 3.63) is 42.6 Å². The molecule has 0 heterocycles. The van der Waals surface area contributed by atoms with E-state index in [1.807, 2.05) is 26.8 Å². The molecule has 0 aliphatic heterocycles. The topological polar surface area (TPSA) is 63.4 Å². The Bertz CT molecular complexity index is 526. The molecule has 1 aromatic rings. The van der Waals surface area contributed by atoms with Crippen LogP contribution in [0.4, 0.5) is 0 Å². The summed E-state index contributed by atoms with van der Waals surface area (Å²) in [7, 11) is -3.56. The summed E-state index contributed by atoms with van der Waals surface area (Å²) in [5.74, 6) is 0. The van der Waals surface area contributed by atoms with E-state index in [0.29, 0.717) is 0 Å². The molecule has 2 N–H and O–H groups in total. The molecule has 0 saturated carbocycles. The highest BCUT2D eigenvalue weighted by molar-refractivity contribution is 7.89. The van der Waals surface area contributed by atoms with Crippen LogP contribution in [0.2, 0.25) is 0 Å². The minimum Gasteiger partial charge on any atom is -0.326 e. The van der Waals surface area contributed by atoms with Crippen LogP contribution >= 0.6 is 0 Å². The van der Waals surface area contributed by atoms with Crippen molar-refractivity contribution in [3.8, 4) is 0 Å². The second kappa shape index (κ2) is 7.45. The second-order valence-corrected chi connectivity index (χ2v) is 6.60. The van der Waals surface area contributed by atoms with Crippen LogP contribution in [0, 0.1) is 0 Å². The van der Waals surface area contributed by atoms with Crippen LogP contribution in [-0.4, -0.2) is 24.8 Å². The zero-order valence-electron chi connectivity index (χ0n) is 12.4. The van der Waals surface area contributed by atoms with Gasteiger partial charge in [0.1, 0.15) is 0 Å². The Balaban J connectivity index is 3.20. The first kappa shape index (κ1) is 16.7. The van der Waals surface area contributed by atoms with Crippen LogP contribution in [0.15, 0.2) is 47.5 Å². The van der Waals surface area contributed by atoms with Crippen molar-refractivity contribution < 1.29 is 8.42 Å². The highest BCUT2D eigenvalue weighted by Gasteiger charge is 2.28. The molecule has 0 spiro atoms. The summed E-state index contributed by atoms with van der Waals surface area (Å²) < 4.78 is 26.8. The first-order valence-electron chi connectivity index (χ1n) is 6.96. The van der Waals surface area contributed by atoms with Crippen molar-refractivity contribution in [1.29, 1.82) is 0 Å². The Labute approximate surface area is 122 Å². The molecule has 1 rings (SSSR count). The van der Waals surface area contributed by atoms with E-state index in [-0.39, 0.29) is 17.0 Å². The van der Waals surface area contributed by atoms with Crippen molar-refractivity contribution in [2.24, 2.45) is 5.73 Å². The lowest BCUT2D eigenvalue weighted by Crippen LogP contribution is -2.45. The van der Waals surface area contributed by atoms with Gasteiger partial charge in [0.25, 0.3) is 10.0 Å². The Morgan fingerprint density at radius 3 is 2.35 bits per heavy atom.